The number of carbonyl (C=O) groups excluding carboxylic acids is 1. The predicted octanol–water partition coefficient (Wildman–Crippen LogP) is 4.85. The smallest absolute Gasteiger partial charge is 0.135 e. The summed E-state index contributed by atoms with van der Waals surface area (Å²) in [5.41, 5.74) is -0.216. The molecular formula is C16H26O. The van der Waals surface area contributed by atoms with Crippen LogP contribution in [0.3, 0.4) is 0 Å². The first-order valence-electron chi connectivity index (χ1n) is 6.43. The molecule has 0 aromatic rings. The van der Waals surface area contributed by atoms with Crippen molar-refractivity contribution in [3.63, 3.8) is 0 Å². The zero-order valence-corrected chi connectivity index (χ0v) is 11.7. The van der Waals surface area contributed by atoms with Crippen LogP contribution in [0.4, 0.5) is 0 Å². The normalized spacial score (nSPS) is 13.2. The van der Waals surface area contributed by atoms with Gasteiger partial charge >= 0.3 is 0 Å². The Morgan fingerprint density at radius 2 is 1.59 bits per heavy atom. The van der Waals surface area contributed by atoms with Gasteiger partial charge in [0, 0.05) is 5.41 Å². The van der Waals surface area contributed by atoms with E-state index >= 15 is 0 Å². The topological polar surface area (TPSA) is 17.1 Å². The average molecular weight is 234 g/mol. The maximum absolute atomic E-state index is 11.3. The van der Waals surface area contributed by atoms with Gasteiger partial charge in [0.05, 0.1) is 0 Å². The molecule has 0 amide bonds. The van der Waals surface area contributed by atoms with Crippen LogP contribution in [0.2, 0.25) is 0 Å². The Morgan fingerprint density at radius 3 is 2.18 bits per heavy atom. The van der Waals surface area contributed by atoms with Gasteiger partial charge in [-0.05, 0) is 39.5 Å². The number of allylic oxidation sites excluding steroid dienone is 6. The molecule has 0 unspecified atom stereocenters. The third-order valence-electron chi connectivity index (χ3n) is 2.92. The minimum absolute atomic E-state index is 0.216. The van der Waals surface area contributed by atoms with Crippen LogP contribution in [0, 0.1) is 5.41 Å². The molecule has 0 rings (SSSR count). The molecule has 0 spiro atoms. The summed E-state index contributed by atoms with van der Waals surface area (Å²) in [5.74, 6) is 0.254. The van der Waals surface area contributed by atoms with E-state index in [9.17, 15) is 4.79 Å². The Morgan fingerprint density at radius 1 is 1.00 bits per heavy atom. The van der Waals surface area contributed by atoms with Crippen LogP contribution in [0.5, 0.6) is 0 Å². The molecule has 0 aliphatic rings. The molecule has 1 heteroatoms. The zero-order valence-electron chi connectivity index (χ0n) is 11.7. The Balaban J connectivity index is 3.71. The molecule has 1 nitrogen and oxygen atoms in total. The van der Waals surface area contributed by atoms with Gasteiger partial charge in [-0.1, -0.05) is 50.3 Å². The highest BCUT2D eigenvalue weighted by Gasteiger charge is 2.21. The minimum atomic E-state index is -0.216. The van der Waals surface area contributed by atoms with Crippen LogP contribution < -0.4 is 0 Å². The van der Waals surface area contributed by atoms with Crippen LogP contribution in [-0.4, -0.2) is 5.78 Å². The van der Waals surface area contributed by atoms with E-state index in [1.54, 1.807) is 6.92 Å². The Hall–Kier alpha value is -1.11. The molecule has 0 N–H and O–H groups in total. The van der Waals surface area contributed by atoms with E-state index in [2.05, 4.69) is 36.5 Å². The van der Waals surface area contributed by atoms with Crippen molar-refractivity contribution in [1.29, 1.82) is 0 Å². The number of Topliss-reactive ketones (excluding diaryl/α,β-unsaturated/α-hetero) is 1. The van der Waals surface area contributed by atoms with Crippen LogP contribution in [0.1, 0.15) is 53.4 Å². The van der Waals surface area contributed by atoms with Crippen LogP contribution in [0.25, 0.3) is 0 Å². The van der Waals surface area contributed by atoms with Gasteiger partial charge in [-0.25, -0.2) is 0 Å². The van der Waals surface area contributed by atoms with E-state index < -0.39 is 0 Å². The van der Waals surface area contributed by atoms with Gasteiger partial charge < -0.3 is 0 Å². The summed E-state index contributed by atoms with van der Waals surface area (Å²) in [7, 11) is 0. The fraction of sp³-hybridized carbons (Fsp3) is 0.562. The van der Waals surface area contributed by atoms with E-state index in [0.717, 1.165) is 25.7 Å². The van der Waals surface area contributed by atoms with Gasteiger partial charge in [0.15, 0.2) is 0 Å². The zero-order chi connectivity index (χ0) is 13.1. The molecule has 0 aliphatic carbocycles. The van der Waals surface area contributed by atoms with Gasteiger partial charge in [-0.3, -0.25) is 4.79 Å². The predicted molar refractivity (Wildman–Crippen MR) is 76.0 cm³/mol. The van der Waals surface area contributed by atoms with Gasteiger partial charge in [0.1, 0.15) is 5.78 Å². The van der Waals surface area contributed by atoms with E-state index in [1.165, 1.54) is 0 Å². The molecule has 0 fully saturated rings. The lowest BCUT2D eigenvalue weighted by molar-refractivity contribution is -0.124. The lowest BCUT2D eigenvalue weighted by Crippen LogP contribution is -2.19. The van der Waals surface area contributed by atoms with Gasteiger partial charge in [0.25, 0.3) is 0 Å². The second kappa shape index (κ2) is 8.98. The Bertz CT molecular complexity index is 293. The third-order valence-corrected chi connectivity index (χ3v) is 2.92. The van der Waals surface area contributed by atoms with Crippen molar-refractivity contribution < 1.29 is 4.79 Å². The lowest BCUT2D eigenvalue weighted by atomic mass is 9.85. The van der Waals surface area contributed by atoms with Crippen molar-refractivity contribution >= 4 is 5.78 Å². The van der Waals surface area contributed by atoms with Crippen molar-refractivity contribution in [1.82, 2.24) is 0 Å². The highest BCUT2D eigenvalue weighted by molar-refractivity contribution is 5.81. The van der Waals surface area contributed by atoms with Crippen molar-refractivity contribution in [2.45, 2.75) is 53.4 Å². The van der Waals surface area contributed by atoms with Crippen molar-refractivity contribution in [3.05, 3.63) is 36.5 Å². The molecule has 0 aromatic heterocycles. The molecular weight excluding hydrogens is 208 g/mol. The van der Waals surface area contributed by atoms with Crippen LogP contribution >= 0.6 is 0 Å². The molecule has 0 atom stereocenters. The van der Waals surface area contributed by atoms with E-state index in [-0.39, 0.29) is 11.2 Å². The number of ketones is 1. The van der Waals surface area contributed by atoms with Gasteiger partial charge in [0.2, 0.25) is 0 Å². The molecule has 17 heavy (non-hydrogen) atoms. The van der Waals surface area contributed by atoms with E-state index in [4.69, 9.17) is 0 Å². The summed E-state index contributed by atoms with van der Waals surface area (Å²) in [6, 6.07) is 0. The molecule has 0 aromatic carbocycles. The Kier molecular flexibility index (Phi) is 8.39. The fourth-order valence-electron chi connectivity index (χ4n) is 1.27. The SMILES string of the molecule is CC=CCCC=CCC=CCC(C)(C)C(C)=O. The number of unbranched alkanes of at least 4 members (excludes halogenated alkanes) is 1. The highest BCUT2D eigenvalue weighted by Crippen LogP contribution is 2.21. The molecule has 0 radical (unpaired) electrons. The van der Waals surface area contributed by atoms with Crippen molar-refractivity contribution in [3.8, 4) is 0 Å². The summed E-state index contributed by atoms with van der Waals surface area (Å²) in [6.45, 7) is 7.69. The summed E-state index contributed by atoms with van der Waals surface area (Å²) >= 11 is 0. The van der Waals surface area contributed by atoms with Crippen LogP contribution in [0.15, 0.2) is 36.5 Å². The van der Waals surface area contributed by atoms with E-state index in [1.807, 2.05) is 20.8 Å². The van der Waals surface area contributed by atoms with Gasteiger partial charge in [-0.15, -0.1) is 0 Å². The van der Waals surface area contributed by atoms with Gasteiger partial charge in [-0.2, -0.15) is 0 Å². The van der Waals surface area contributed by atoms with Crippen molar-refractivity contribution in [2.75, 3.05) is 0 Å². The summed E-state index contributed by atoms with van der Waals surface area (Å²) < 4.78 is 0. The maximum Gasteiger partial charge on any atom is 0.135 e. The number of hydrogen-bond donors (Lipinski definition) is 0. The third kappa shape index (κ3) is 8.67. The standard InChI is InChI=1S/C16H26O/c1-5-6-7-8-9-10-11-12-13-14-16(3,4)15(2)17/h5-6,9-10,12-13H,7-8,11,14H2,1-4H3. The summed E-state index contributed by atoms with van der Waals surface area (Å²) in [5, 5.41) is 0. The molecule has 0 bridgehead atoms. The number of carbonyl (C=O) groups is 1. The number of hydrogen-bond acceptors (Lipinski definition) is 1. The number of rotatable bonds is 8. The maximum atomic E-state index is 11.3. The van der Waals surface area contributed by atoms with E-state index in [0.29, 0.717) is 0 Å². The molecule has 0 saturated heterocycles. The van der Waals surface area contributed by atoms with Crippen molar-refractivity contribution in [2.24, 2.45) is 5.41 Å². The largest absolute Gasteiger partial charge is 0.299 e. The molecule has 96 valence electrons. The minimum Gasteiger partial charge on any atom is -0.299 e. The molecule has 0 aliphatic heterocycles. The average Bonchev–Trinajstić information content (AvgIpc) is 2.26. The Labute approximate surface area is 106 Å². The fourth-order valence-corrected chi connectivity index (χ4v) is 1.27. The first kappa shape index (κ1) is 15.9. The summed E-state index contributed by atoms with van der Waals surface area (Å²) in [4.78, 5) is 11.3. The lowest BCUT2D eigenvalue weighted by Gasteiger charge is -2.18. The van der Waals surface area contributed by atoms with Crippen LogP contribution in [-0.2, 0) is 4.79 Å². The highest BCUT2D eigenvalue weighted by atomic mass is 16.1. The second-order valence-electron chi connectivity index (χ2n) is 4.97. The quantitative estimate of drug-likeness (QED) is 0.433. The summed E-state index contributed by atoms with van der Waals surface area (Å²) in [6.07, 6.45) is 16.9. The second-order valence-corrected chi connectivity index (χ2v) is 4.97. The monoisotopic (exact) mass is 234 g/mol. The first-order chi connectivity index (χ1) is 8.00. The molecule has 0 saturated carbocycles. The molecule has 0 heterocycles. The first-order valence-corrected chi connectivity index (χ1v) is 6.43.